The van der Waals surface area contributed by atoms with Gasteiger partial charge in [-0.25, -0.2) is 18.5 Å². The van der Waals surface area contributed by atoms with Gasteiger partial charge in [-0.1, -0.05) is 0 Å². The molecule has 2 N–H and O–H groups in total. The maximum atomic E-state index is 11.4. The summed E-state index contributed by atoms with van der Waals surface area (Å²) in [5.74, 6) is 1.03. The monoisotopic (exact) mass is 254 g/mol. The van der Waals surface area contributed by atoms with E-state index in [0.29, 0.717) is 0 Å². The van der Waals surface area contributed by atoms with E-state index in [9.17, 15) is 8.42 Å². The Bertz CT molecular complexity index is 565. The molecule has 2 bridgehead atoms. The van der Waals surface area contributed by atoms with Crippen molar-refractivity contribution in [2.75, 3.05) is 7.11 Å². The van der Waals surface area contributed by atoms with Crippen molar-refractivity contribution in [1.29, 1.82) is 0 Å². The van der Waals surface area contributed by atoms with Crippen LogP contribution in [0.2, 0.25) is 0 Å². The summed E-state index contributed by atoms with van der Waals surface area (Å²) in [7, 11) is -2.42. The summed E-state index contributed by atoms with van der Waals surface area (Å²) in [5, 5.41) is 5.00. The standard InChI is InChI=1S/C11H14N2O3S/c1-16-8-2-3-9(11-4-7(5-11)6-11)13-10(8)17(12,14)15/h2-3,7H,4-6H2,1H3,(H2,12,14,15). The fourth-order valence-corrected chi connectivity index (χ4v) is 3.53. The molecule has 3 aliphatic carbocycles. The molecule has 1 heterocycles. The van der Waals surface area contributed by atoms with Crippen LogP contribution < -0.4 is 9.88 Å². The lowest BCUT2D eigenvalue weighted by molar-refractivity contribution is -0.0313. The van der Waals surface area contributed by atoms with Crippen molar-refractivity contribution in [3.63, 3.8) is 0 Å². The van der Waals surface area contributed by atoms with Crippen LogP contribution in [0.1, 0.15) is 25.0 Å². The van der Waals surface area contributed by atoms with E-state index in [1.165, 1.54) is 7.11 Å². The highest BCUT2D eigenvalue weighted by molar-refractivity contribution is 7.89. The topological polar surface area (TPSA) is 82.3 Å². The van der Waals surface area contributed by atoms with Crippen LogP contribution in [-0.4, -0.2) is 20.5 Å². The molecule has 0 atom stereocenters. The average molecular weight is 254 g/mol. The first-order valence-corrected chi connectivity index (χ1v) is 7.08. The number of pyridine rings is 1. The van der Waals surface area contributed by atoms with E-state index >= 15 is 0 Å². The molecule has 6 heteroatoms. The predicted molar refractivity (Wildman–Crippen MR) is 61.2 cm³/mol. The van der Waals surface area contributed by atoms with Gasteiger partial charge in [0.05, 0.1) is 7.11 Å². The summed E-state index contributed by atoms with van der Waals surface area (Å²) in [6.45, 7) is 0. The fraction of sp³-hybridized carbons (Fsp3) is 0.545. The molecule has 0 amide bonds. The van der Waals surface area contributed by atoms with Gasteiger partial charge in [-0.3, -0.25) is 0 Å². The molecule has 1 aromatic heterocycles. The minimum atomic E-state index is -3.83. The zero-order chi connectivity index (χ0) is 12.3. The van der Waals surface area contributed by atoms with Gasteiger partial charge in [0.25, 0.3) is 10.0 Å². The first kappa shape index (κ1) is 11.0. The minimum Gasteiger partial charge on any atom is -0.494 e. The molecule has 92 valence electrons. The van der Waals surface area contributed by atoms with Crippen LogP contribution in [0.25, 0.3) is 0 Å². The molecule has 5 nitrogen and oxygen atoms in total. The molecule has 0 aromatic carbocycles. The maximum absolute atomic E-state index is 11.4. The van der Waals surface area contributed by atoms with Crippen molar-refractivity contribution >= 4 is 10.0 Å². The number of nitrogens with zero attached hydrogens (tertiary/aromatic N) is 1. The molecule has 0 aliphatic heterocycles. The minimum absolute atomic E-state index is 0.121. The zero-order valence-electron chi connectivity index (χ0n) is 9.51. The molecule has 0 spiro atoms. The molecule has 4 rings (SSSR count). The van der Waals surface area contributed by atoms with Crippen molar-refractivity contribution in [2.45, 2.75) is 29.7 Å². The Kier molecular flexibility index (Phi) is 2.07. The second-order valence-electron chi connectivity index (χ2n) is 5.01. The van der Waals surface area contributed by atoms with Crippen LogP contribution in [0.5, 0.6) is 5.75 Å². The number of nitrogens with two attached hydrogens (primary N) is 1. The normalized spacial score (nSPS) is 30.4. The van der Waals surface area contributed by atoms with Crippen LogP contribution >= 0.6 is 0 Å². The van der Waals surface area contributed by atoms with Crippen LogP contribution in [0.4, 0.5) is 0 Å². The highest BCUT2D eigenvalue weighted by Gasteiger charge is 2.58. The highest BCUT2D eigenvalue weighted by Crippen LogP contribution is 2.64. The van der Waals surface area contributed by atoms with E-state index in [1.54, 1.807) is 6.07 Å². The van der Waals surface area contributed by atoms with Gasteiger partial charge in [-0.15, -0.1) is 0 Å². The van der Waals surface area contributed by atoms with E-state index in [2.05, 4.69) is 4.98 Å². The third-order valence-corrected chi connectivity index (χ3v) is 4.73. The van der Waals surface area contributed by atoms with Crippen LogP contribution in [0.3, 0.4) is 0 Å². The molecule has 17 heavy (non-hydrogen) atoms. The van der Waals surface area contributed by atoms with Crippen molar-refractivity contribution in [3.05, 3.63) is 17.8 Å². The van der Waals surface area contributed by atoms with E-state index in [-0.39, 0.29) is 16.2 Å². The Balaban J connectivity index is 2.08. The lowest BCUT2D eigenvalue weighted by Crippen LogP contribution is -2.55. The number of sulfonamides is 1. The number of ether oxygens (including phenoxy) is 1. The van der Waals surface area contributed by atoms with E-state index in [1.807, 2.05) is 6.07 Å². The molecule has 3 aliphatic rings. The zero-order valence-corrected chi connectivity index (χ0v) is 10.3. The number of aromatic nitrogens is 1. The Labute approximate surface area is 100 Å². The van der Waals surface area contributed by atoms with E-state index < -0.39 is 10.0 Å². The quantitative estimate of drug-likeness (QED) is 0.864. The van der Waals surface area contributed by atoms with Gasteiger partial charge in [-0.2, -0.15) is 0 Å². The molecule has 3 saturated carbocycles. The average Bonchev–Trinajstić information content (AvgIpc) is 2.11. The summed E-state index contributed by atoms with van der Waals surface area (Å²) < 4.78 is 27.9. The largest absolute Gasteiger partial charge is 0.494 e. The summed E-state index contributed by atoms with van der Waals surface area (Å²) in [6, 6.07) is 3.49. The van der Waals surface area contributed by atoms with Crippen molar-refractivity contribution in [2.24, 2.45) is 11.1 Å². The number of hydrogen-bond acceptors (Lipinski definition) is 4. The third-order valence-electron chi connectivity index (χ3n) is 3.90. The molecule has 1 aromatic rings. The summed E-state index contributed by atoms with van der Waals surface area (Å²) in [5.41, 5.74) is 0.959. The maximum Gasteiger partial charge on any atom is 0.259 e. The first-order valence-electron chi connectivity index (χ1n) is 5.53. The third kappa shape index (κ3) is 1.47. The Morgan fingerprint density at radius 2 is 2.06 bits per heavy atom. The Morgan fingerprint density at radius 1 is 1.41 bits per heavy atom. The van der Waals surface area contributed by atoms with E-state index in [4.69, 9.17) is 9.88 Å². The molecule has 0 radical (unpaired) electrons. The Hall–Kier alpha value is -1.14. The van der Waals surface area contributed by atoms with Crippen LogP contribution in [0.15, 0.2) is 17.2 Å². The van der Waals surface area contributed by atoms with E-state index in [0.717, 1.165) is 30.9 Å². The van der Waals surface area contributed by atoms with Gasteiger partial charge in [0, 0.05) is 11.1 Å². The van der Waals surface area contributed by atoms with Gasteiger partial charge >= 0.3 is 0 Å². The summed E-state index contributed by atoms with van der Waals surface area (Å²) in [4.78, 5) is 4.21. The van der Waals surface area contributed by atoms with Crippen molar-refractivity contribution in [3.8, 4) is 5.75 Å². The van der Waals surface area contributed by atoms with Crippen molar-refractivity contribution in [1.82, 2.24) is 4.98 Å². The van der Waals surface area contributed by atoms with Crippen LogP contribution in [0, 0.1) is 5.92 Å². The number of methoxy groups -OCH3 is 1. The molecular formula is C11H14N2O3S. The van der Waals surface area contributed by atoms with Gasteiger partial charge in [0.2, 0.25) is 5.03 Å². The van der Waals surface area contributed by atoms with Crippen LogP contribution in [-0.2, 0) is 15.4 Å². The molecule has 0 unspecified atom stereocenters. The predicted octanol–water partition coefficient (Wildman–Crippen LogP) is 0.789. The highest BCUT2D eigenvalue weighted by atomic mass is 32.2. The summed E-state index contributed by atoms with van der Waals surface area (Å²) in [6.07, 6.45) is 3.36. The lowest BCUT2D eigenvalue weighted by atomic mass is 9.43. The smallest absolute Gasteiger partial charge is 0.259 e. The number of primary sulfonamides is 1. The fourth-order valence-electron chi connectivity index (χ4n) is 2.87. The van der Waals surface area contributed by atoms with Gasteiger partial charge in [-0.05, 0) is 37.3 Å². The first-order chi connectivity index (χ1) is 7.94. The lowest BCUT2D eigenvalue weighted by Gasteiger charge is -2.61. The molecular weight excluding hydrogens is 240 g/mol. The molecule has 3 fully saturated rings. The number of hydrogen-bond donors (Lipinski definition) is 1. The van der Waals surface area contributed by atoms with Gasteiger partial charge in [0.1, 0.15) is 0 Å². The summed E-state index contributed by atoms with van der Waals surface area (Å²) >= 11 is 0. The second kappa shape index (κ2) is 3.20. The SMILES string of the molecule is COc1ccc(C23CC(C2)C3)nc1S(N)(=O)=O. The van der Waals surface area contributed by atoms with Gasteiger partial charge in [0.15, 0.2) is 5.75 Å². The van der Waals surface area contributed by atoms with Crippen molar-refractivity contribution < 1.29 is 13.2 Å². The molecule has 0 saturated heterocycles. The number of rotatable bonds is 3. The van der Waals surface area contributed by atoms with Gasteiger partial charge < -0.3 is 4.74 Å². The second-order valence-corrected chi connectivity index (χ2v) is 6.48. The Morgan fingerprint density at radius 3 is 2.47 bits per heavy atom.